The van der Waals surface area contributed by atoms with Crippen LogP contribution in [-0.4, -0.2) is 6.61 Å². The van der Waals surface area contributed by atoms with E-state index < -0.39 is 0 Å². The van der Waals surface area contributed by atoms with Crippen molar-refractivity contribution < 1.29 is 9.47 Å². The maximum atomic E-state index is 6.22. The molecule has 0 bridgehead atoms. The second-order valence-electron chi connectivity index (χ2n) is 6.29. The minimum absolute atomic E-state index is 0.139. The Kier molecular flexibility index (Phi) is 4.43. The molecular weight excluding hydrogens is 308 g/mol. The third-order valence-corrected chi connectivity index (χ3v) is 4.71. The van der Waals surface area contributed by atoms with E-state index in [1.54, 1.807) is 0 Å². The SMILES string of the molecule is CCOc1ccc(-c2cccc3c2CC[C@H]3Oc2ccccc2)cc1. The second kappa shape index (κ2) is 7.02. The lowest BCUT2D eigenvalue weighted by molar-refractivity contribution is 0.207. The van der Waals surface area contributed by atoms with Crippen LogP contribution < -0.4 is 9.47 Å². The summed E-state index contributed by atoms with van der Waals surface area (Å²) >= 11 is 0. The number of para-hydroxylation sites is 1. The Morgan fingerprint density at radius 3 is 2.40 bits per heavy atom. The first-order chi connectivity index (χ1) is 12.3. The van der Waals surface area contributed by atoms with Crippen LogP contribution in [0.15, 0.2) is 72.8 Å². The van der Waals surface area contributed by atoms with Crippen LogP contribution >= 0.6 is 0 Å². The van der Waals surface area contributed by atoms with Gasteiger partial charge in [-0.3, -0.25) is 0 Å². The third-order valence-electron chi connectivity index (χ3n) is 4.71. The minimum atomic E-state index is 0.139. The molecule has 0 aliphatic heterocycles. The molecule has 2 heteroatoms. The quantitative estimate of drug-likeness (QED) is 0.587. The molecule has 126 valence electrons. The van der Waals surface area contributed by atoms with Crippen molar-refractivity contribution in [2.24, 2.45) is 0 Å². The van der Waals surface area contributed by atoms with Gasteiger partial charge in [-0.15, -0.1) is 0 Å². The van der Waals surface area contributed by atoms with Crippen molar-refractivity contribution in [3.63, 3.8) is 0 Å². The van der Waals surface area contributed by atoms with Gasteiger partial charge < -0.3 is 9.47 Å². The van der Waals surface area contributed by atoms with E-state index in [1.807, 2.05) is 49.4 Å². The van der Waals surface area contributed by atoms with E-state index in [0.29, 0.717) is 6.61 Å². The molecule has 0 heterocycles. The summed E-state index contributed by atoms with van der Waals surface area (Å²) in [5.74, 6) is 1.86. The second-order valence-corrected chi connectivity index (χ2v) is 6.29. The molecule has 0 unspecified atom stereocenters. The van der Waals surface area contributed by atoms with Crippen LogP contribution in [0.4, 0.5) is 0 Å². The number of benzene rings is 3. The van der Waals surface area contributed by atoms with E-state index in [2.05, 4.69) is 30.3 Å². The van der Waals surface area contributed by atoms with Gasteiger partial charge >= 0.3 is 0 Å². The van der Waals surface area contributed by atoms with E-state index in [0.717, 1.165) is 24.3 Å². The van der Waals surface area contributed by atoms with Crippen molar-refractivity contribution in [1.82, 2.24) is 0 Å². The van der Waals surface area contributed by atoms with Crippen LogP contribution in [-0.2, 0) is 6.42 Å². The molecule has 0 radical (unpaired) electrons. The lowest BCUT2D eigenvalue weighted by Gasteiger charge is -2.16. The molecule has 25 heavy (non-hydrogen) atoms. The fourth-order valence-corrected chi connectivity index (χ4v) is 3.57. The Bertz CT molecular complexity index is 838. The summed E-state index contributed by atoms with van der Waals surface area (Å²) in [7, 11) is 0. The molecule has 0 saturated carbocycles. The van der Waals surface area contributed by atoms with Gasteiger partial charge in [0, 0.05) is 0 Å². The zero-order valence-electron chi connectivity index (χ0n) is 14.4. The number of hydrogen-bond donors (Lipinski definition) is 0. The molecule has 0 N–H and O–H groups in total. The summed E-state index contributed by atoms with van der Waals surface area (Å²) in [6, 6.07) is 25.0. The highest BCUT2D eigenvalue weighted by Crippen LogP contribution is 2.40. The fraction of sp³-hybridized carbons (Fsp3) is 0.217. The van der Waals surface area contributed by atoms with Crippen LogP contribution in [0, 0.1) is 0 Å². The van der Waals surface area contributed by atoms with Crippen molar-refractivity contribution >= 4 is 0 Å². The van der Waals surface area contributed by atoms with Crippen LogP contribution in [0.2, 0.25) is 0 Å². The van der Waals surface area contributed by atoms with Crippen molar-refractivity contribution in [3.8, 4) is 22.6 Å². The molecule has 1 atom stereocenters. The van der Waals surface area contributed by atoms with Crippen molar-refractivity contribution in [1.29, 1.82) is 0 Å². The predicted octanol–water partition coefficient (Wildman–Crippen LogP) is 5.82. The fourth-order valence-electron chi connectivity index (χ4n) is 3.57. The Morgan fingerprint density at radius 1 is 0.840 bits per heavy atom. The van der Waals surface area contributed by atoms with Gasteiger partial charge in [0.05, 0.1) is 6.61 Å². The zero-order chi connectivity index (χ0) is 17.1. The minimum Gasteiger partial charge on any atom is -0.494 e. The van der Waals surface area contributed by atoms with Crippen molar-refractivity contribution in [2.75, 3.05) is 6.61 Å². The standard InChI is InChI=1S/C23H22O2/c1-2-24-18-13-11-17(12-14-18)20-9-6-10-22-21(20)15-16-23(22)25-19-7-4-3-5-8-19/h3-14,23H,2,15-16H2,1H3/t23-/m1/s1. The molecule has 3 aromatic rings. The van der Waals surface area contributed by atoms with E-state index >= 15 is 0 Å². The molecule has 0 aromatic heterocycles. The van der Waals surface area contributed by atoms with Gasteiger partial charge in [0.25, 0.3) is 0 Å². The Hall–Kier alpha value is -2.74. The molecule has 0 fully saturated rings. The van der Waals surface area contributed by atoms with Gasteiger partial charge in [-0.2, -0.15) is 0 Å². The van der Waals surface area contributed by atoms with Crippen molar-refractivity contribution in [3.05, 3.63) is 83.9 Å². The number of rotatable bonds is 5. The molecule has 1 aliphatic carbocycles. The van der Waals surface area contributed by atoms with Gasteiger partial charge in [0.1, 0.15) is 17.6 Å². The summed E-state index contributed by atoms with van der Waals surface area (Å²) in [5.41, 5.74) is 5.27. The first-order valence-corrected chi connectivity index (χ1v) is 8.92. The van der Waals surface area contributed by atoms with Crippen LogP contribution in [0.1, 0.15) is 30.6 Å². The topological polar surface area (TPSA) is 18.5 Å². The highest BCUT2D eigenvalue weighted by Gasteiger charge is 2.26. The molecule has 0 amide bonds. The Morgan fingerprint density at radius 2 is 1.64 bits per heavy atom. The Labute approximate surface area is 149 Å². The van der Waals surface area contributed by atoms with Crippen molar-refractivity contribution in [2.45, 2.75) is 25.9 Å². The van der Waals surface area contributed by atoms with Crippen LogP contribution in [0.5, 0.6) is 11.5 Å². The monoisotopic (exact) mass is 330 g/mol. The summed E-state index contributed by atoms with van der Waals surface area (Å²) in [6.45, 7) is 2.70. The average molecular weight is 330 g/mol. The number of hydrogen-bond acceptors (Lipinski definition) is 2. The van der Waals surface area contributed by atoms with Crippen LogP contribution in [0.3, 0.4) is 0 Å². The van der Waals surface area contributed by atoms with E-state index in [1.165, 1.54) is 22.3 Å². The maximum absolute atomic E-state index is 6.22. The van der Waals surface area contributed by atoms with Gasteiger partial charge in [0.2, 0.25) is 0 Å². The van der Waals surface area contributed by atoms with Gasteiger partial charge in [-0.05, 0) is 66.3 Å². The highest BCUT2D eigenvalue weighted by atomic mass is 16.5. The number of ether oxygens (including phenoxy) is 2. The summed E-state index contributed by atoms with van der Waals surface area (Å²) in [5, 5.41) is 0. The lowest BCUT2D eigenvalue weighted by Crippen LogP contribution is -2.03. The smallest absolute Gasteiger partial charge is 0.124 e. The first-order valence-electron chi connectivity index (χ1n) is 8.92. The third kappa shape index (κ3) is 3.25. The molecule has 3 aromatic carbocycles. The molecule has 2 nitrogen and oxygen atoms in total. The summed E-state index contributed by atoms with van der Waals surface area (Å²) < 4.78 is 11.8. The Balaban J connectivity index is 1.62. The van der Waals surface area contributed by atoms with Gasteiger partial charge in [-0.1, -0.05) is 48.5 Å². The van der Waals surface area contributed by atoms with Gasteiger partial charge in [0.15, 0.2) is 0 Å². The van der Waals surface area contributed by atoms with E-state index in [9.17, 15) is 0 Å². The van der Waals surface area contributed by atoms with Gasteiger partial charge in [-0.25, -0.2) is 0 Å². The summed E-state index contributed by atoms with van der Waals surface area (Å²) in [6.07, 6.45) is 2.22. The predicted molar refractivity (Wildman–Crippen MR) is 101 cm³/mol. The molecule has 0 saturated heterocycles. The zero-order valence-corrected chi connectivity index (χ0v) is 14.4. The first kappa shape index (κ1) is 15.8. The molecular formula is C23H22O2. The highest BCUT2D eigenvalue weighted by molar-refractivity contribution is 5.70. The molecule has 0 spiro atoms. The normalized spacial score (nSPS) is 15.6. The van der Waals surface area contributed by atoms with E-state index in [-0.39, 0.29) is 6.10 Å². The van der Waals surface area contributed by atoms with E-state index in [4.69, 9.17) is 9.47 Å². The molecule has 1 aliphatic rings. The largest absolute Gasteiger partial charge is 0.494 e. The average Bonchev–Trinajstić information content (AvgIpc) is 3.07. The maximum Gasteiger partial charge on any atom is 0.124 e. The lowest BCUT2D eigenvalue weighted by atomic mass is 9.96. The molecule has 4 rings (SSSR count). The van der Waals surface area contributed by atoms with Crippen LogP contribution in [0.25, 0.3) is 11.1 Å². The summed E-state index contributed by atoms with van der Waals surface area (Å²) in [4.78, 5) is 0. The number of fused-ring (bicyclic) bond motifs is 1.